The highest BCUT2D eigenvalue weighted by Crippen LogP contribution is 2.38. The number of thiophene rings is 2. The average Bonchev–Trinajstić information content (AvgIpc) is 3.33. The van der Waals surface area contributed by atoms with Crippen LogP contribution in [0.4, 0.5) is 5.00 Å². The van der Waals surface area contributed by atoms with Gasteiger partial charge in [0.25, 0.3) is 5.91 Å². The lowest BCUT2D eigenvalue weighted by Crippen LogP contribution is -2.17. The smallest absolute Gasteiger partial charge is 0.341 e. The molecule has 7 heteroatoms. The summed E-state index contributed by atoms with van der Waals surface area (Å²) in [5.41, 5.74) is 1.48. The number of amides is 1. The number of nitriles is 1. The highest BCUT2D eigenvalue weighted by Gasteiger charge is 2.27. The zero-order valence-corrected chi connectivity index (χ0v) is 17.4. The molecule has 2 aromatic heterocycles. The first-order valence-electron chi connectivity index (χ1n) is 9.42. The van der Waals surface area contributed by atoms with Crippen molar-refractivity contribution in [2.45, 2.75) is 45.4 Å². The summed E-state index contributed by atoms with van der Waals surface area (Å²) < 4.78 is 5.43. The van der Waals surface area contributed by atoms with Crippen LogP contribution in [0.2, 0.25) is 0 Å². The van der Waals surface area contributed by atoms with E-state index in [2.05, 4.69) is 5.32 Å². The summed E-state index contributed by atoms with van der Waals surface area (Å²) >= 11 is 2.88. The molecule has 1 amide bonds. The van der Waals surface area contributed by atoms with Crippen molar-refractivity contribution < 1.29 is 14.3 Å². The van der Waals surface area contributed by atoms with E-state index in [-0.39, 0.29) is 11.5 Å². The number of rotatable bonds is 7. The Morgan fingerprint density at radius 1 is 1.36 bits per heavy atom. The number of unbranched alkanes of at least 4 members (excludes halogenated alkanes) is 1. The molecule has 0 bridgehead atoms. The number of anilines is 1. The van der Waals surface area contributed by atoms with Gasteiger partial charge in [0.2, 0.25) is 0 Å². The van der Waals surface area contributed by atoms with Crippen molar-refractivity contribution in [2.75, 3.05) is 11.9 Å². The minimum absolute atomic E-state index is 0.0131. The quantitative estimate of drug-likeness (QED) is 0.293. The van der Waals surface area contributed by atoms with E-state index >= 15 is 0 Å². The predicted molar refractivity (Wildman–Crippen MR) is 113 cm³/mol. The third-order valence-electron chi connectivity index (χ3n) is 4.53. The third kappa shape index (κ3) is 4.70. The summed E-state index contributed by atoms with van der Waals surface area (Å²) in [5.74, 6) is -0.888. The minimum atomic E-state index is -0.503. The number of nitrogens with one attached hydrogen (secondary N) is 1. The third-order valence-corrected chi connectivity index (χ3v) is 6.55. The van der Waals surface area contributed by atoms with Crippen molar-refractivity contribution in [3.8, 4) is 6.07 Å². The lowest BCUT2D eigenvalue weighted by molar-refractivity contribution is -0.112. The van der Waals surface area contributed by atoms with Gasteiger partial charge in [0.05, 0.1) is 12.2 Å². The normalized spacial score (nSPS) is 13.5. The zero-order chi connectivity index (χ0) is 19.9. The number of esters is 1. The first kappa shape index (κ1) is 20.3. The summed E-state index contributed by atoms with van der Waals surface area (Å²) in [5, 5.41) is 14.6. The molecule has 3 rings (SSSR count). The fourth-order valence-electron chi connectivity index (χ4n) is 3.09. The van der Waals surface area contributed by atoms with Crippen molar-refractivity contribution in [2.24, 2.45) is 0 Å². The number of aryl methyl sites for hydroxylation is 1. The molecule has 1 aliphatic carbocycles. The molecular weight excluding hydrogens is 392 g/mol. The van der Waals surface area contributed by atoms with Gasteiger partial charge in [-0.05, 0) is 55.2 Å². The molecule has 0 unspecified atom stereocenters. The van der Waals surface area contributed by atoms with Crippen LogP contribution in [0, 0.1) is 11.3 Å². The van der Waals surface area contributed by atoms with Gasteiger partial charge in [-0.15, -0.1) is 22.7 Å². The topological polar surface area (TPSA) is 79.2 Å². The predicted octanol–water partition coefficient (Wildman–Crippen LogP) is 5.19. The molecule has 1 aliphatic rings. The van der Waals surface area contributed by atoms with Crippen LogP contribution in [-0.4, -0.2) is 18.5 Å². The molecule has 0 saturated heterocycles. The maximum absolute atomic E-state index is 12.7. The van der Waals surface area contributed by atoms with Crippen LogP contribution in [0.25, 0.3) is 6.08 Å². The number of hydrogen-bond donors (Lipinski definition) is 1. The molecule has 146 valence electrons. The second-order valence-electron chi connectivity index (χ2n) is 6.54. The fourth-order valence-corrected chi connectivity index (χ4v) is 5.02. The molecular formula is C21H22N2O3S2. The fraction of sp³-hybridized carbons (Fsp3) is 0.381. The van der Waals surface area contributed by atoms with Crippen LogP contribution in [-0.2, 0) is 22.4 Å². The zero-order valence-electron chi connectivity index (χ0n) is 15.7. The highest BCUT2D eigenvalue weighted by molar-refractivity contribution is 7.17. The lowest BCUT2D eigenvalue weighted by atomic mass is 9.95. The summed E-state index contributed by atoms with van der Waals surface area (Å²) in [4.78, 5) is 27.3. The van der Waals surface area contributed by atoms with Crippen molar-refractivity contribution in [3.05, 3.63) is 44.0 Å². The summed E-state index contributed by atoms with van der Waals surface area (Å²) in [6, 6.07) is 5.66. The van der Waals surface area contributed by atoms with Gasteiger partial charge in [-0.1, -0.05) is 19.4 Å². The first-order chi connectivity index (χ1) is 13.6. The lowest BCUT2D eigenvalue weighted by Gasteiger charge is -2.12. The van der Waals surface area contributed by atoms with Crippen molar-refractivity contribution in [3.63, 3.8) is 0 Å². The molecule has 0 saturated carbocycles. The molecule has 0 radical (unpaired) electrons. The number of carbonyl (C=O) groups excluding carboxylic acids is 2. The van der Waals surface area contributed by atoms with Crippen LogP contribution >= 0.6 is 22.7 Å². The Labute approximate surface area is 172 Å². The molecule has 0 aromatic carbocycles. The Morgan fingerprint density at radius 2 is 2.18 bits per heavy atom. The van der Waals surface area contributed by atoms with Gasteiger partial charge in [0.15, 0.2) is 0 Å². The molecule has 0 atom stereocenters. The highest BCUT2D eigenvalue weighted by atomic mass is 32.1. The van der Waals surface area contributed by atoms with Crippen LogP contribution in [0.5, 0.6) is 0 Å². The Bertz CT molecular complexity index is 920. The standard InChI is InChI=1S/C21H22N2O3S2/c1-2-3-10-26-21(25)18-16-8-4-5-9-17(16)28-20(18)23-19(24)14(13-22)12-15-7-6-11-27-15/h6-7,11-12H,2-5,8-10H2,1H3,(H,23,24)/b14-12+. The summed E-state index contributed by atoms with van der Waals surface area (Å²) in [7, 11) is 0. The first-order valence-corrected chi connectivity index (χ1v) is 11.1. The van der Waals surface area contributed by atoms with Crippen molar-refractivity contribution in [1.82, 2.24) is 0 Å². The minimum Gasteiger partial charge on any atom is -0.462 e. The Balaban J connectivity index is 1.86. The largest absolute Gasteiger partial charge is 0.462 e. The SMILES string of the molecule is CCCCOC(=O)c1c(NC(=O)/C(C#N)=C/c2cccs2)sc2c1CCCC2. The van der Waals surface area contributed by atoms with E-state index < -0.39 is 5.91 Å². The van der Waals surface area contributed by atoms with E-state index in [0.717, 1.165) is 53.8 Å². The van der Waals surface area contributed by atoms with Crippen LogP contribution in [0.3, 0.4) is 0 Å². The van der Waals surface area contributed by atoms with E-state index in [9.17, 15) is 14.9 Å². The Kier molecular flexibility index (Phi) is 7.01. The van der Waals surface area contributed by atoms with Crippen molar-refractivity contribution >= 4 is 45.6 Å². The maximum Gasteiger partial charge on any atom is 0.341 e. The second kappa shape index (κ2) is 9.67. The van der Waals surface area contributed by atoms with E-state index in [1.807, 2.05) is 30.5 Å². The van der Waals surface area contributed by atoms with E-state index in [0.29, 0.717) is 17.2 Å². The number of ether oxygens (including phenoxy) is 1. The van der Waals surface area contributed by atoms with Crippen molar-refractivity contribution in [1.29, 1.82) is 5.26 Å². The number of nitrogens with zero attached hydrogens (tertiary/aromatic N) is 1. The van der Waals surface area contributed by atoms with Gasteiger partial charge >= 0.3 is 5.97 Å². The van der Waals surface area contributed by atoms with Gasteiger partial charge < -0.3 is 10.1 Å². The summed E-state index contributed by atoms with van der Waals surface area (Å²) in [6.07, 6.45) is 7.13. The molecule has 2 aromatic rings. The molecule has 1 N–H and O–H groups in total. The maximum atomic E-state index is 12.7. The van der Waals surface area contributed by atoms with Crippen LogP contribution in [0.15, 0.2) is 23.1 Å². The monoisotopic (exact) mass is 414 g/mol. The summed E-state index contributed by atoms with van der Waals surface area (Å²) in [6.45, 7) is 2.41. The molecule has 0 aliphatic heterocycles. The van der Waals surface area contributed by atoms with Crippen LogP contribution in [0.1, 0.15) is 58.3 Å². The molecule has 2 heterocycles. The van der Waals surface area contributed by atoms with Gasteiger partial charge in [-0.2, -0.15) is 5.26 Å². The van der Waals surface area contributed by atoms with Gasteiger partial charge in [-0.25, -0.2) is 4.79 Å². The average molecular weight is 415 g/mol. The Morgan fingerprint density at radius 3 is 2.89 bits per heavy atom. The molecule has 28 heavy (non-hydrogen) atoms. The van der Waals surface area contributed by atoms with Gasteiger partial charge in [0.1, 0.15) is 16.6 Å². The van der Waals surface area contributed by atoms with E-state index in [1.165, 1.54) is 22.7 Å². The van der Waals surface area contributed by atoms with E-state index in [1.54, 1.807) is 6.08 Å². The van der Waals surface area contributed by atoms with Gasteiger partial charge in [0, 0.05) is 9.75 Å². The van der Waals surface area contributed by atoms with Crippen LogP contribution < -0.4 is 5.32 Å². The van der Waals surface area contributed by atoms with Gasteiger partial charge in [-0.3, -0.25) is 4.79 Å². The Hall–Kier alpha value is -2.43. The molecule has 0 spiro atoms. The number of carbonyl (C=O) groups is 2. The van der Waals surface area contributed by atoms with E-state index in [4.69, 9.17) is 4.74 Å². The molecule has 0 fully saturated rings. The second-order valence-corrected chi connectivity index (χ2v) is 8.63. The number of hydrogen-bond acceptors (Lipinski definition) is 6. The number of fused-ring (bicyclic) bond motifs is 1. The molecule has 5 nitrogen and oxygen atoms in total.